The molecule has 1 saturated heterocycles. The van der Waals surface area contributed by atoms with Crippen LogP contribution in [0.25, 0.3) is 38.9 Å². The molecule has 1 N–H and O–H groups in total. The van der Waals surface area contributed by atoms with Crippen molar-refractivity contribution in [2.24, 2.45) is 7.05 Å². The fourth-order valence-corrected chi connectivity index (χ4v) is 6.51. The van der Waals surface area contributed by atoms with Gasteiger partial charge in [0.25, 0.3) is 0 Å². The minimum Gasteiger partial charge on any atom is -0.386 e. The molecule has 5 heterocycles. The molecule has 7 rings (SSSR count). The molecule has 220 valence electrons. The lowest BCUT2D eigenvalue weighted by molar-refractivity contribution is 0.0845. The number of benzene rings is 2. The third-order valence-electron chi connectivity index (χ3n) is 8.59. The fourth-order valence-electron chi connectivity index (χ4n) is 6.51. The average molecular weight is 576 g/mol. The third kappa shape index (κ3) is 5.02. The second-order valence-electron chi connectivity index (χ2n) is 11.9. The molecule has 9 heteroatoms. The molecule has 2 aromatic carbocycles. The van der Waals surface area contributed by atoms with E-state index in [1.54, 1.807) is 0 Å². The summed E-state index contributed by atoms with van der Waals surface area (Å²) in [4.78, 5) is 5.11. The van der Waals surface area contributed by atoms with Crippen molar-refractivity contribution in [2.45, 2.75) is 58.1 Å². The van der Waals surface area contributed by atoms with E-state index in [4.69, 9.17) is 19.9 Å². The van der Waals surface area contributed by atoms with Crippen LogP contribution in [0.2, 0.25) is 0 Å². The Hall–Kier alpha value is -4.34. The van der Waals surface area contributed by atoms with Crippen LogP contribution in [0.4, 0.5) is 0 Å². The van der Waals surface area contributed by atoms with Crippen LogP contribution in [0.15, 0.2) is 67.0 Å². The summed E-state index contributed by atoms with van der Waals surface area (Å²) in [7, 11) is 1.93. The van der Waals surface area contributed by atoms with Crippen molar-refractivity contribution in [3.05, 3.63) is 89.5 Å². The van der Waals surface area contributed by atoms with Crippen LogP contribution in [0.5, 0.6) is 0 Å². The highest BCUT2D eigenvalue weighted by Crippen LogP contribution is 2.39. The molecule has 6 aromatic rings. The Kier molecular flexibility index (Phi) is 7.07. The molecule has 0 aliphatic carbocycles. The lowest BCUT2D eigenvalue weighted by Crippen LogP contribution is -2.18. The van der Waals surface area contributed by atoms with Gasteiger partial charge in [0.2, 0.25) is 0 Å². The molecule has 0 radical (unpaired) electrons. The molecular formula is C34H37N7O2. The maximum atomic E-state index is 10.9. The minimum absolute atomic E-state index is 0.246. The highest BCUT2D eigenvalue weighted by atomic mass is 16.5. The Balaban J connectivity index is 1.36. The Morgan fingerprint density at radius 2 is 1.77 bits per heavy atom. The number of aryl methyl sites for hydroxylation is 1. The second-order valence-corrected chi connectivity index (χ2v) is 11.9. The van der Waals surface area contributed by atoms with Crippen molar-refractivity contribution in [2.75, 3.05) is 13.2 Å². The first kappa shape index (κ1) is 27.5. The van der Waals surface area contributed by atoms with E-state index in [2.05, 4.69) is 42.7 Å². The Morgan fingerprint density at radius 3 is 2.53 bits per heavy atom. The summed E-state index contributed by atoms with van der Waals surface area (Å²) in [6, 6.07) is 18.1. The van der Waals surface area contributed by atoms with Crippen molar-refractivity contribution in [3.63, 3.8) is 0 Å². The van der Waals surface area contributed by atoms with Crippen LogP contribution < -0.4 is 0 Å². The van der Waals surface area contributed by atoms with Crippen molar-refractivity contribution in [3.8, 4) is 16.9 Å². The van der Waals surface area contributed by atoms with Gasteiger partial charge in [-0.05, 0) is 43.4 Å². The van der Waals surface area contributed by atoms with Gasteiger partial charge in [-0.15, -0.1) is 0 Å². The maximum Gasteiger partial charge on any atom is 0.181 e. The predicted molar refractivity (Wildman–Crippen MR) is 167 cm³/mol. The molecule has 0 unspecified atom stereocenters. The predicted octanol–water partition coefficient (Wildman–Crippen LogP) is 6.23. The van der Waals surface area contributed by atoms with E-state index in [1.165, 1.54) is 5.56 Å². The van der Waals surface area contributed by atoms with E-state index in [9.17, 15) is 5.11 Å². The summed E-state index contributed by atoms with van der Waals surface area (Å²) >= 11 is 0. The molecule has 0 spiro atoms. The quantitative estimate of drug-likeness (QED) is 0.242. The molecule has 1 aliphatic heterocycles. The molecule has 4 aromatic heterocycles. The number of aliphatic hydroxyl groups is 1. The van der Waals surface area contributed by atoms with Gasteiger partial charge in [-0.2, -0.15) is 15.3 Å². The van der Waals surface area contributed by atoms with Gasteiger partial charge in [0.15, 0.2) is 5.65 Å². The molecule has 1 aliphatic rings. The molecule has 43 heavy (non-hydrogen) atoms. The topological polar surface area (TPSA) is 95.8 Å². The van der Waals surface area contributed by atoms with Gasteiger partial charge >= 0.3 is 0 Å². The molecule has 0 saturated carbocycles. The lowest BCUT2D eigenvalue weighted by Gasteiger charge is -2.24. The zero-order valence-electron chi connectivity index (χ0n) is 25.1. The molecule has 0 bridgehead atoms. The standard InChI is InChI=1S/C34H37N7O2/c1-21(2)31-22(3)41(29-17-25-18-39(4)38-34(25)35-32(29)24-13-15-43-16-14-24)37-33(31)26-11-8-12-28-27(26)19-40(36-28)20-30(42)23-9-6-5-7-10-23/h5-12,17-19,21,24,30,42H,13-16,20H2,1-4H3/t30-/m0/s1. The highest BCUT2D eigenvalue weighted by molar-refractivity contribution is 5.94. The highest BCUT2D eigenvalue weighted by Gasteiger charge is 2.27. The van der Waals surface area contributed by atoms with Crippen LogP contribution >= 0.6 is 0 Å². The molecule has 1 fully saturated rings. The van der Waals surface area contributed by atoms with E-state index in [-0.39, 0.29) is 11.8 Å². The normalized spacial score (nSPS) is 15.2. The number of aliphatic hydroxyl groups excluding tert-OH is 1. The van der Waals surface area contributed by atoms with Gasteiger partial charge in [-0.3, -0.25) is 9.36 Å². The van der Waals surface area contributed by atoms with Crippen LogP contribution in [0.3, 0.4) is 0 Å². The van der Waals surface area contributed by atoms with E-state index >= 15 is 0 Å². The Bertz CT molecular complexity index is 1910. The number of aromatic nitrogens is 7. The lowest BCUT2D eigenvalue weighted by atomic mass is 9.94. The van der Waals surface area contributed by atoms with Crippen molar-refractivity contribution < 1.29 is 9.84 Å². The van der Waals surface area contributed by atoms with Gasteiger partial charge in [0.1, 0.15) is 0 Å². The Labute approximate surface area is 250 Å². The number of nitrogens with zero attached hydrogens (tertiary/aromatic N) is 7. The minimum atomic E-state index is -0.648. The van der Waals surface area contributed by atoms with E-state index in [0.29, 0.717) is 6.54 Å². The van der Waals surface area contributed by atoms with Gasteiger partial charge in [-0.25, -0.2) is 9.67 Å². The summed E-state index contributed by atoms with van der Waals surface area (Å²) in [5.41, 5.74) is 8.84. The SMILES string of the molecule is Cc1c(C(C)C)c(-c2cccc3nn(C[C@H](O)c4ccccc4)cc23)nn1-c1cc2cn(C)nc2nc1C1CCOCC1. The van der Waals surface area contributed by atoms with Crippen LogP contribution in [-0.2, 0) is 18.3 Å². The number of hydrogen-bond donors (Lipinski definition) is 1. The number of hydrogen-bond acceptors (Lipinski definition) is 6. The summed E-state index contributed by atoms with van der Waals surface area (Å²) in [5, 5.41) is 27.7. The number of rotatable bonds is 7. The van der Waals surface area contributed by atoms with Crippen LogP contribution in [-0.4, -0.2) is 52.6 Å². The van der Waals surface area contributed by atoms with E-state index in [1.807, 2.05) is 71.3 Å². The third-order valence-corrected chi connectivity index (χ3v) is 8.59. The van der Waals surface area contributed by atoms with Gasteiger partial charge in [0, 0.05) is 66.2 Å². The monoisotopic (exact) mass is 575 g/mol. The molecule has 9 nitrogen and oxygen atoms in total. The largest absolute Gasteiger partial charge is 0.386 e. The summed E-state index contributed by atoms with van der Waals surface area (Å²) in [6.07, 6.45) is 5.25. The van der Waals surface area contributed by atoms with Crippen molar-refractivity contribution in [1.29, 1.82) is 0 Å². The van der Waals surface area contributed by atoms with Gasteiger partial charge < -0.3 is 9.84 Å². The second kappa shape index (κ2) is 11.1. The van der Waals surface area contributed by atoms with Gasteiger partial charge in [0.05, 0.1) is 35.2 Å². The number of fused-ring (bicyclic) bond motifs is 2. The zero-order valence-corrected chi connectivity index (χ0v) is 25.1. The van der Waals surface area contributed by atoms with Gasteiger partial charge in [-0.1, -0.05) is 56.3 Å². The van der Waals surface area contributed by atoms with Crippen LogP contribution in [0, 0.1) is 6.92 Å². The maximum absolute atomic E-state index is 10.9. The zero-order chi connectivity index (χ0) is 29.7. The molecule has 1 atom stereocenters. The smallest absolute Gasteiger partial charge is 0.181 e. The summed E-state index contributed by atoms with van der Waals surface area (Å²) in [6.45, 7) is 8.44. The van der Waals surface area contributed by atoms with Crippen LogP contribution in [0.1, 0.15) is 67.1 Å². The fraction of sp³-hybridized carbons (Fsp3) is 0.353. The Morgan fingerprint density at radius 1 is 0.977 bits per heavy atom. The first-order valence-electron chi connectivity index (χ1n) is 15.1. The summed E-state index contributed by atoms with van der Waals surface area (Å²) in [5.74, 6) is 0.526. The van der Waals surface area contributed by atoms with E-state index in [0.717, 1.165) is 81.9 Å². The molecule has 0 amide bonds. The summed E-state index contributed by atoms with van der Waals surface area (Å²) < 4.78 is 11.5. The first-order chi connectivity index (χ1) is 20.9. The van der Waals surface area contributed by atoms with E-state index < -0.39 is 6.10 Å². The number of ether oxygens (including phenoxy) is 1. The number of pyridine rings is 1. The van der Waals surface area contributed by atoms with Crippen molar-refractivity contribution in [1.82, 2.24) is 34.3 Å². The van der Waals surface area contributed by atoms with Crippen molar-refractivity contribution >= 4 is 21.9 Å². The first-order valence-corrected chi connectivity index (χ1v) is 15.1. The molecular weight excluding hydrogens is 538 g/mol. The average Bonchev–Trinajstić information content (AvgIpc) is 3.70.